The zero-order valence-corrected chi connectivity index (χ0v) is 11.6. The van der Waals surface area contributed by atoms with E-state index in [2.05, 4.69) is 38.0 Å². The lowest BCUT2D eigenvalue weighted by molar-refractivity contribution is 0.0840. The number of rotatable bonds is 6. The number of likely N-dealkylation sites (N-methyl/N-ethyl adjacent to an activating group) is 2. The molecule has 0 aromatic rings. The van der Waals surface area contributed by atoms with Gasteiger partial charge in [0.2, 0.25) is 0 Å². The Hall–Kier alpha value is -0.0800. The van der Waals surface area contributed by atoms with Crippen molar-refractivity contribution >= 4 is 0 Å². The van der Waals surface area contributed by atoms with Gasteiger partial charge in [0, 0.05) is 18.6 Å². The molecule has 1 N–H and O–H groups in total. The Balaban J connectivity index is 2.60. The van der Waals surface area contributed by atoms with Crippen LogP contribution in [-0.2, 0) is 0 Å². The first-order valence-corrected chi connectivity index (χ1v) is 7.11. The van der Waals surface area contributed by atoms with Crippen LogP contribution in [0.1, 0.15) is 52.9 Å². The van der Waals surface area contributed by atoms with E-state index >= 15 is 0 Å². The molecule has 0 bridgehead atoms. The summed E-state index contributed by atoms with van der Waals surface area (Å²) in [4.78, 5) is 2.75. The average Bonchev–Trinajstić information content (AvgIpc) is 2.30. The van der Waals surface area contributed by atoms with Gasteiger partial charge in [-0.05, 0) is 32.4 Å². The molecule has 0 aliphatic heterocycles. The number of hydrogen-bond acceptors (Lipinski definition) is 2. The molecule has 1 rings (SSSR count). The molecule has 0 radical (unpaired) electrons. The van der Waals surface area contributed by atoms with Gasteiger partial charge in [-0.25, -0.2) is 0 Å². The van der Waals surface area contributed by atoms with Crippen molar-refractivity contribution in [3.05, 3.63) is 0 Å². The van der Waals surface area contributed by atoms with Gasteiger partial charge in [0.05, 0.1) is 0 Å². The highest BCUT2D eigenvalue weighted by atomic mass is 15.2. The minimum absolute atomic E-state index is 0.707. The Kier molecular flexibility index (Phi) is 6.37. The van der Waals surface area contributed by atoms with E-state index < -0.39 is 0 Å². The molecule has 16 heavy (non-hydrogen) atoms. The van der Waals surface area contributed by atoms with E-state index in [1.807, 2.05) is 0 Å². The van der Waals surface area contributed by atoms with E-state index in [1.165, 1.54) is 38.6 Å². The Morgan fingerprint density at radius 1 is 1.19 bits per heavy atom. The second kappa shape index (κ2) is 7.29. The second-order valence-corrected chi connectivity index (χ2v) is 5.49. The third-order valence-corrected chi connectivity index (χ3v) is 4.02. The molecular formula is C14H30N2. The maximum absolute atomic E-state index is 3.36. The third-order valence-electron chi connectivity index (χ3n) is 4.02. The summed E-state index contributed by atoms with van der Waals surface area (Å²) in [6.45, 7) is 9.36. The predicted octanol–water partition coefficient (Wildman–Crippen LogP) is 2.89. The van der Waals surface area contributed by atoms with Gasteiger partial charge in [0.1, 0.15) is 0 Å². The van der Waals surface area contributed by atoms with Crippen LogP contribution in [0.4, 0.5) is 0 Å². The van der Waals surface area contributed by atoms with Gasteiger partial charge in [-0.15, -0.1) is 0 Å². The van der Waals surface area contributed by atoms with Crippen molar-refractivity contribution in [1.29, 1.82) is 0 Å². The smallest absolute Gasteiger partial charge is 0.0246 e. The van der Waals surface area contributed by atoms with E-state index in [9.17, 15) is 0 Å². The minimum Gasteiger partial charge on any atom is -0.318 e. The summed E-state index contributed by atoms with van der Waals surface area (Å²) < 4.78 is 0. The lowest BCUT2D eigenvalue weighted by Crippen LogP contribution is -2.50. The lowest BCUT2D eigenvalue weighted by Gasteiger charge is -2.41. The van der Waals surface area contributed by atoms with Gasteiger partial charge in [-0.1, -0.05) is 40.0 Å². The van der Waals surface area contributed by atoms with Crippen molar-refractivity contribution in [3.8, 4) is 0 Å². The highest BCUT2D eigenvalue weighted by molar-refractivity contribution is 4.83. The topological polar surface area (TPSA) is 15.3 Å². The highest BCUT2D eigenvalue weighted by Crippen LogP contribution is 2.25. The molecule has 1 unspecified atom stereocenters. The molecule has 0 aromatic heterocycles. The molecule has 0 aromatic carbocycles. The summed E-state index contributed by atoms with van der Waals surface area (Å²) in [5.41, 5.74) is 0. The fourth-order valence-electron chi connectivity index (χ4n) is 3.12. The van der Waals surface area contributed by atoms with Gasteiger partial charge in [-0.2, -0.15) is 0 Å². The summed E-state index contributed by atoms with van der Waals surface area (Å²) in [7, 11) is 2.07. The first-order chi connectivity index (χ1) is 7.70. The van der Waals surface area contributed by atoms with Crippen molar-refractivity contribution in [2.45, 2.75) is 65.0 Å². The lowest BCUT2D eigenvalue weighted by atomic mass is 9.91. The summed E-state index contributed by atoms with van der Waals surface area (Å²) in [6, 6.07) is 1.55. The quantitative estimate of drug-likeness (QED) is 0.749. The van der Waals surface area contributed by atoms with Gasteiger partial charge >= 0.3 is 0 Å². The summed E-state index contributed by atoms with van der Waals surface area (Å²) in [5, 5.41) is 3.36. The van der Waals surface area contributed by atoms with E-state index in [1.54, 1.807) is 0 Å². The first kappa shape index (κ1) is 14.0. The van der Waals surface area contributed by atoms with Crippen LogP contribution in [0, 0.1) is 5.92 Å². The van der Waals surface area contributed by atoms with Crippen LogP contribution in [0.3, 0.4) is 0 Å². The minimum atomic E-state index is 0.707. The summed E-state index contributed by atoms with van der Waals surface area (Å²) in [6.07, 6.45) is 7.16. The van der Waals surface area contributed by atoms with E-state index in [-0.39, 0.29) is 0 Å². The zero-order valence-electron chi connectivity index (χ0n) is 11.6. The molecule has 1 saturated carbocycles. The molecule has 2 nitrogen and oxygen atoms in total. The Bertz CT molecular complexity index is 174. The van der Waals surface area contributed by atoms with Crippen LogP contribution >= 0.6 is 0 Å². The predicted molar refractivity (Wildman–Crippen MR) is 71.8 cm³/mol. The molecule has 0 spiro atoms. The molecule has 2 heteroatoms. The van der Waals surface area contributed by atoms with E-state index in [0.717, 1.165) is 18.5 Å². The van der Waals surface area contributed by atoms with Gasteiger partial charge < -0.3 is 5.32 Å². The standard InChI is InChI=1S/C14H30N2/c1-5-16(13-9-7-6-8-10-13)14(11-15-4)12(2)3/h12-15H,5-11H2,1-4H3. The molecule has 1 atom stereocenters. The van der Waals surface area contributed by atoms with Crippen molar-refractivity contribution in [2.75, 3.05) is 20.1 Å². The van der Waals surface area contributed by atoms with Crippen LogP contribution < -0.4 is 5.32 Å². The molecule has 1 aliphatic rings. The van der Waals surface area contributed by atoms with Crippen LogP contribution in [-0.4, -0.2) is 37.1 Å². The van der Waals surface area contributed by atoms with Gasteiger partial charge in [0.15, 0.2) is 0 Å². The average molecular weight is 226 g/mol. The number of hydrogen-bond donors (Lipinski definition) is 1. The highest BCUT2D eigenvalue weighted by Gasteiger charge is 2.27. The number of nitrogens with zero attached hydrogens (tertiary/aromatic N) is 1. The summed E-state index contributed by atoms with van der Waals surface area (Å²) in [5.74, 6) is 0.745. The van der Waals surface area contributed by atoms with Crippen molar-refractivity contribution in [3.63, 3.8) is 0 Å². The number of nitrogens with one attached hydrogen (secondary N) is 1. The normalized spacial score (nSPS) is 20.6. The molecule has 1 aliphatic carbocycles. The molecule has 0 amide bonds. The molecule has 1 fully saturated rings. The fraction of sp³-hybridized carbons (Fsp3) is 1.00. The van der Waals surface area contributed by atoms with Crippen LogP contribution in [0.25, 0.3) is 0 Å². The summed E-state index contributed by atoms with van der Waals surface area (Å²) >= 11 is 0. The zero-order chi connectivity index (χ0) is 12.0. The van der Waals surface area contributed by atoms with E-state index in [0.29, 0.717) is 6.04 Å². The molecule has 0 heterocycles. The SMILES string of the molecule is CCN(C1CCCCC1)C(CNC)C(C)C. The monoisotopic (exact) mass is 226 g/mol. The largest absolute Gasteiger partial charge is 0.318 e. The van der Waals surface area contributed by atoms with Crippen LogP contribution in [0.15, 0.2) is 0 Å². The van der Waals surface area contributed by atoms with Crippen LogP contribution in [0.2, 0.25) is 0 Å². The Labute approximate surface area is 102 Å². The van der Waals surface area contributed by atoms with E-state index in [4.69, 9.17) is 0 Å². The van der Waals surface area contributed by atoms with Gasteiger partial charge in [0.25, 0.3) is 0 Å². The third kappa shape index (κ3) is 3.74. The first-order valence-electron chi connectivity index (χ1n) is 7.11. The molecular weight excluding hydrogens is 196 g/mol. The maximum Gasteiger partial charge on any atom is 0.0246 e. The Morgan fingerprint density at radius 2 is 1.81 bits per heavy atom. The Morgan fingerprint density at radius 3 is 2.25 bits per heavy atom. The van der Waals surface area contributed by atoms with Crippen molar-refractivity contribution < 1.29 is 0 Å². The maximum atomic E-state index is 3.36. The molecule has 96 valence electrons. The van der Waals surface area contributed by atoms with Crippen LogP contribution in [0.5, 0.6) is 0 Å². The van der Waals surface area contributed by atoms with Gasteiger partial charge in [-0.3, -0.25) is 4.90 Å². The second-order valence-electron chi connectivity index (χ2n) is 5.49. The molecule has 0 saturated heterocycles. The fourth-order valence-corrected chi connectivity index (χ4v) is 3.12. The van der Waals surface area contributed by atoms with Crippen molar-refractivity contribution in [2.24, 2.45) is 5.92 Å². The van der Waals surface area contributed by atoms with Crippen molar-refractivity contribution in [1.82, 2.24) is 10.2 Å².